The predicted octanol–water partition coefficient (Wildman–Crippen LogP) is 2.30. The van der Waals surface area contributed by atoms with Gasteiger partial charge < -0.3 is 14.9 Å². The van der Waals surface area contributed by atoms with Gasteiger partial charge in [-0.2, -0.15) is 0 Å². The molecule has 20 heavy (non-hydrogen) atoms. The summed E-state index contributed by atoms with van der Waals surface area (Å²) < 4.78 is 40.8. The molecule has 1 rings (SSSR count). The number of ether oxygens (including phenoxy) is 1. The van der Waals surface area contributed by atoms with E-state index in [1.807, 2.05) is 0 Å². The third-order valence-corrected chi connectivity index (χ3v) is 2.41. The van der Waals surface area contributed by atoms with E-state index in [0.717, 1.165) is 12.1 Å². The first-order valence-corrected chi connectivity index (χ1v) is 5.50. The number of hydrogen-bond acceptors (Lipinski definition) is 4. The first kappa shape index (κ1) is 16.0. The molecular formula is C12H11F3O5. The van der Waals surface area contributed by atoms with Crippen LogP contribution in [0.25, 0.3) is 0 Å². The van der Waals surface area contributed by atoms with Gasteiger partial charge in [-0.3, -0.25) is 4.79 Å². The number of halogens is 3. The van der Waals surface area contributed by atoms with Crippen LogP contribution in [0, 0.1) is 0 Å². The molecule has 0 radical (unpaired) electrons. The number of ketones is 1. The van der Waals surface area contributed by atoms with Crippen LogP contribution in [0.15, 0.2) is 18.2 Å². The molecule has 1 aromatic rings. The summed E-state index contributed by atoms with van der Waals surface area (Å²) in [7, 11) is 0. The molecule has 2 N–H and O–H groups in total. The Hall–Kier alpha value is -2.09. The largest absolute Gasteiger partial charge is 0.573 e. The first-order valence-electron chi connectivity index (χ1n) is 5.50. The number of benzene rings is 1. The smallest absolute Gasteiger partial charge is 0.479 e. The standard InChI is InChI=1S/C12H11F3O5/c1-2-8(16)6-4-3-5-7(9(17)11(18)19)10(6)20-12(13,14)15/h3-5,9,17H,2H2,1H3,(H,18,19). The highest BCUT2D eigenvalue weighted by Gasteiger charge is 2.36. The van der Waals surface area contributed by atoms with Crippen molar-refractivity contribution in [2.75, 3.05) is 0 Å². The van der Waals surface area contributed by atoms with E-state index in [1.165, 1.54) is 13.0 Å². The van der Waals surface area contributed by atoms with Gasteiger partial charge in [0.15, 0.2) is 11.9 Å². The lowest BCUT2D eigenvalue weighted by Gasteiger charge is -2.17. The van der Waals surface area contributed by atoms with Gasteiger partial charge in [-0.25, -0.2) is 4.79 Å². The highest BCUT2D eigenvalue weighted by atomic mass is 19.4. The molecular weight excluding hydrogens is 281 g/mol. The molecule has 1 unspecified atom stereocenters. The predicted molar refractivity (Wildman–Crippen MR) is 60.3 cm³/mol. The van der Waals surface area contributed by atoms with Crippen LogP contribution in [0.4, 0.5) is 13.2 Å². The van der Waals surface area contributed by atoms with E-state index in [4.69, 9.17) is 5.11 Å². The Morgan fingerprint density at radius 3 is 2.40 bits per heavy atom. The third-order valence-electron chi connectivity index (χ3n) is 2.41. The summed E-state index contributed by atoms with van der Waals surface area (Å²) >= 11 is 0. The molecule has 0 spiro atoms. The minimum Gasteiger partial charge on any atom is -0.479 e. The van der Waals surface area contributed by atoms with Gasteiger partial charge in [0.25, 0.3) is 0 Å². The summed E-state index contributed by atoms with van der Waals surface area (Å²) in [5.74, 6) is -3.40. The zero-order chi connectivity index (χ0) is 15.5. The Bertz CT molecular complexity index is 524. The van der Waals surface area contributed by atoms with Gasteiger partial charge in [-0.05, 0) is 6.07 Å². The number of aliphatic hydroxyl groups is 1. The van der Waals surface area contributed by atoms with E-state index in [9.17, 15) is 27.9 Å². The molecule has 0 aromatic heterocycles. The lowest BCUT2D eigenvalue weighted by Crippen LogP contribution is -2.22. The van der Waals surface area contributed by atoms with Gasteiger partial charge in [0.1, 0.15) is 5.75 Å². The Morgan fingerprint density at radius 2 is 1.95 bits per heavy atom. The monoisotopic (exact) mass is 292 g/mol. The fraction of sp³-hybridized carbons (Fsp3) is 0.333. The number of carbonyl (C=O) groups is 2. The third kappa shape index (κ3) is 3.70. The summed E-state index contributed by atoms with van der Waals surface area (Å²) in [4.78, 5) is 22.3. The number of rotatable bonds is 5. The topological polar surface area (TPSA) is 83.8 Å². The van der Waals surface area contributed by atoms with E-state index in [-0.39, 0.29) is 6.42 Å². The van der Waals surface area contributed by atoms with Crippen LogP contribution in [0.1, 0.15) is 35.4 Å². The van der Waals surface area contributed by atoms with Crippen molar-refractivity contribution < 1.29 is 37.7 Å². The normalized spacial score (nSPS) is 12.8. The van der Waals surface area contributed by atoms with Crippen molar-refractivity contribution in [1.82, 2.24) is 0 Å². The number of aliphatic carboxylic acids is 1. The van der Waals surface area contributed by atoms with Crippen molar-refractivity contribution >= 4 is 11.8 Å². The fourth-order valence-electron chi connectivity index (χ4n) is 1.54. The van der Waals surface area contributed by atoms with Crippen molar-refractivity contribution in [2.24, 2.45) is 0 Å². The van der Waals surface area contributed by atoms with Crippen LogP contribution in [0.5, 0.6) is 5.75 Å². The lowest BCUT2D eigenvalue weighted by molar-refractivity contribution is -0.275. The lowest BCUT2D eigenvalue weighted by atomic mass is 10.0. The highest BCUT2D eigenvalue weighted by Crippen LogP contribution is 2.34. The van der Waals surface area contributed by atoms with Crippen molar-refractivity contribution in [1.29, 1.82) is 0 Å². The van der Waals surface area contributed by atoms with Crippen LogP contribution >= 0.6 is 0 Å². The minimum atomic E-state index is -5.11. The molecule has 0 saturated carbocycles. The maximum Gasteiger partial charge on any atom is 0.573 e. The average Bonchev–Trinajstić information content (AvgIpc) is 2.35. The maximum atomic E-state index is 12.4. The number of para-hydroxylation sites is 1. The molecule has 0 saturated heterocycles. The number of Topliss-reactive ketones (excluding diaryl/α,β-unsaturated/α-hetero) is 1. The number of carbonyl (C=O) groups excluding carboxylic acids is 1. The molecule has 0 aliphatic rings. The SMILES string of the molecule is CCC(=O)c1cccc(C(O)C(=O)O)c1OC(F)(F)F. The quantitative estimate of drug-likeness (QED) is 0.813. The minimum absolute atomic E-state index is 0.0964. The molecule has 1 aromatic carbocycles. The molecule has 0 fully saturated rings. The molecule has 5 nitrogen and oxygen atoms in total. The van der Waals surface area contributed by atoms with Crippen LogP contribution in [0.2, 0.25) is 0 Å². The van der Waals surface area contributed by atoms with E-state index in [1.54, 1.807) is 0 Å². The fourth-order valence-corrected chi connectivity index (χ4v) is 1.54. The van der Waals surface area contributed by atoms with E-state index in [0.29, 0.717) is 0 Å². The van der Waals surface area contributed by atoms with Gasteiger partial charge in [0.2, 0.25) is 0 Å². The zero-order valence-electron chi connectivity index (χ0n) is 10.3. The summed E-state index contributed by atoms with van der Waals surface area (Å²) in [6.45, 7) is 1.43. The molecule has 1 atom stereocenters. The first-order chi connectivity index (χ1) is 9.17. The summed E-state index contributed by atoms with van der Waals surface area (Å²) in [5, 5.41) is 18.1. The maximum absolute atomic E-state index is 12.4. The summed E-state index contributed by atoms with van der Waals surface area (Å²) in [5.41, 5.74) is -1.06. The Balaban J connectivity index is 3.44. The van der Waals surface area contributed by atoms with Crippen LogP contribution in [-0.4, -0.2) is 28.3 Å². The number of hydrogen-bond donors (Lipinski definition) is 2. The van der Waals surface area contributed by atoms with Crippen molar-refractivity contribution in [2.45, 2.75) is 25.8 Å². The molecule has 8 heteroatoms. The second kappa shape index (κ2) is 5.91. The Morgan fingerprint density at radius 1 is 1.35 bits per heavy atom. The number of carboxylic acids is 1. The van der Waals surface area contributed by atoms with Crippen LogP contribution in [-0.2, 0) is 4.79 Å². The Kier molecular flexibility index (Phi) is 4.72. The number of alkyl halides is 3. The van der Waals surface area contributed by atoms with Crippen molar-refractivity contribution in [3.05, 3.63) is 29.3 Å². The van der Waals surface area contributed by atoms with Gasteiger partial charge in [-0.1, -0.05) is 19.1 Å². The molecule has 0 amide bonds. The van der Waals surface area contributed by atoms with Gasteiger partial charge in [0, 0.05) is 12.0 Å². The van der Waals surface area contributed by atoms with E-state index >= 15 is 0 Å². The average molecular weight is 292 g/mol. The van der Waals surface area contributed by atoms with Crippen LogP contribution in [0.3, 0.4) is 0 Å². The summed E-state index contributed by atoms with van der Waals surface area (Å²) in [6.07, 6.45) is -7.44. The second-order valence-electron chi connectivity index (χ2n) is 3.79. The number of aliphatic hydroxyl groups excluding tert-OH is 1. The highest BCUT2D eigenvalue weighted by molar-refractivity contribution is 5.99. The number of carboxylic acid groups (broad SMARTS) is 1. The van der Waals surface area contributed by atoms with E-state index < -0.39 is 41.1 Å². The van der Waals surface area contributed by atoms with Crippen LogP contribution < -0.4 is 4.74 Å². The summed E-state index contributed by atoms with van der Waals surface area (Å²) in [6, 6.07) is 3.20. The van der Waals surface area contributed by atoms with Gasteiger partial charge in [-0.15, -0.1) is 13.2 Å². The van der Waals surface area contributed by atoms with Crippen molar-refractivity contribution in [3.63, 3.8) is 0 Å². The van der Waals surface area contributed by atoms with Gasteiger partial charge >= 0.3 is 12.3 Å². The molecule has 0 aliphatic heterocycles. The zero-order valence-corrected chi connectivity index (χ0v) is 10.3. The second-order valence-corrected chi connectivity index (χ2v) is 3.79. The molecule has 110 valence electrons. The Labute approximate surface area is 111 Å². The van der Waals surface area contributed by atoms with E-state index in [2.05, 4.69) is 4.74 Å². The van der Waals surface area contributed by atoms with Crippen molar-refractivity contribution in [3.8, 4) is 5.75 Å². The van der Waals surface area contributed by atoms with Gasteiger partial charge in [0.05, 0.1) is 5.56 Å². The molecule has 0 bridgehead atoms. The molecule has 0 heterocycles. The molecule has 0 aliphatic carbocycles.